The Balaban J connectivity index is -0.00000111. The summed E-state index contributed by atoms with van der Waals surface area (Å²) in [4.78, 5) is 96.7. The highest BCUT2D eigenvalue weighted by atomic mass is 35.5. The van der Waals surface area contributed by atoms with Gasteiger partial charge in [0.1, 0.15) is 26.4 Å². The fourth-order valence-electron chi connectivity index (χ4n) is 4.34. The van der Waals surface area contributed by atoms with Gasteiger partial charge >= 0.3 is 41.8 Å². The van der Waals surface area contributed by atoms with E-state index in [4.69, 9.17) is 60.2 Å². The molecule has 3 N–H and O–H groups in total. The smallest absolute Gasteiger partial charge is 0.348 e. The summed E-state index contributed by atoms with van der Waals surface area (Å²) < 4.78 is 35.3. The van der Waals surface area contributed by atoms with E-state index in [1.807, 2.05) is 6.92 Å². The number of allylic oxidation sites excluding steroid dienone is 1. The zero-order valence-electron chi connectivity index (χ0n) is 38.0. The second kappa shape index (κ2) is 37.4. The van der Waals surface area contributed by atoms with Gasteiger partial charge in [0, 0.05) is 23.6 Å². The Labute approximate surface area is 381 Å². The lowest BCUT2D eigenvalue weighted by Crippen LogP contribution is -2.39. The third-order valence-electron chi connectivity index (χ3n) is 8.48. The Bertz CT molecular complexity index is 1450. The van der Waals surface area contributed by atoms with E-state index in [9.17, 15) is 38.4 Å². The lowest BCUT2D eigenvalue weighted by atomic mass is 9.94. The first kappa shape index (κ1) is 63.3. The van der Waals surface area contributed by atoms with Crippen LogP contribution in [0.2, 0.25) is 0 Å². The van der Waals surface area contributed by atoms with Gasteiger partial charge in [0.05, 0.1) is 18.6 Å². The van der Waals surface area contributed by atoms with Crippen LogP contribution < -0.4 is 0 Å². The van der Waals surface area contributed by atoms with Gasteiger partial charge < -0.3 is 43.4 Å². The monoisotopic (exact) mass is 936 g/mol. The molecule has 20 heteroatoms. The Hall–Kier alpha value is -4.95. The largest absolute Gasteiger partial charge is 0.462 e. The predicted molar refractivity (Wildman–Crippen MR) is 232 cm³/mol. The van der Waals surface area contributed by atoms with Gasteiger partial charge in [0.25, 0.3) is 0 Å². The molecule has 0 bridgehead atoms. The van der Waals surface area contributed by atoms with Gasteiger partial charge in [-0.1, -0.05) is 92.0 Å². The maximum Gasteiger partial charge on any atom is 0.348 e. The Morgan fingerprint density at radius 3 is 1.23 bits per heavy atom. The van der Waals surface area contributed by atoms with Crippen molar-refractivity contribution >= 4 is 58.6 Å². The number of hydrogen-bond acceptors (Lipinski definition) is 19. The standard InChI is InChI=1S/C25H36O10.C16H30O8.C3H3ClO/c1-7-11-12-13-14-19(35-22(28)10-4)24(30)34-18(5)23(29)33-17-25(6,15-31-20(26)8-2)16-32-21(27)9-3;1-4-5-6-7-8-13(24-21)15(20)23-12(2)14(19)22-11-16(3,9-17)10-18;1-2-3(4)5/h8-10,18-19H,2-4,7,11-17H2,1,5-6H3;12-13,17-18,21H,4-11H2,1-3H3;2H,1H2. The lowest BCUT2D eigenvalue weighted by Gasteiger charge is -2.28. The maximum atomic E-state index is 12.5. The molecule has 0 saturated heterocycles. The molecule has 4 unspecified atom stereocenters. The molecular formula is C44H69ClO19. The van der Waals surface area contributed by atoms with Crippen LogP contribution in [-0.2, 0) is 76.4 Å². The number of unbranched alkanes of at least 4 members (excludes halogenated alkanes) is 6. The molecule has 0 amide bonds. The van der Waals surface area contributed by atoms with E-state index >= 15 is 0 Å². The Morgan fingerprint density at radius 1 is 0.531 bits per heavy atom. The second-order valence-electron chi connectivity index (χ2n) is 14.9. The number of ether oxygens (including phenoxy) is 7. The number of aliphatic hydroxyl groups is 2. The van der Waals surface area contributed by atoms with Crippen molar-refractivity contribution in [2.45, 2.75) is 130 Å². The molecule has 0 aromatic rings. The maximum absolute atomic E-state index is 12.5. The Kier molecular flexibility index (Phi) is 37.0. The molecular weight excluding hydrogens is 868 g/mol. The van der Waals surface area contributed by atoms with Crippen LogP contribution in [0.3, 0.4) is 0 Å². The van der Waals surface area contributed by atoms with Crippen molar-refractivity contribution in [3.63, 3.8) is 0 Å². The van der Waals surface area contributed by atoms with Gasteiger partial charge in [-0.15, -0.1) is 0 Å². The topological polar surface area (TPSA) is 271 Å². The highest BCUT2D eigenvalue weighted by Crippen LogP contribution is 2.20. The third kappa shape index (κ3) is 31.8. The van der Waals surface area contributed by atoms with E-state index in [2.05, 4.69) is 38.1 Å². The fourth-order valence-corrected chi connectivity index (χ4v) is 4.34. The molecule has 0 aromatic carbocycles. The van der Waals surface area contributed by atoms with Gasteiger partial charge in [0.15, 0.2) is 24.4 Å². The molecule has 0 aromatic heterocycles. The van der Waals surface area contributed by atoms with Crippen molar-refractivity contribution in [2.75, 3.05) is 39.6 Å². The third-order valence-corrected chi connectivity index (χ3v) is 8.63. The minimum atomic E-state index is -1.32. The summed E-state index contributed by atoms with van der Waals surface area (Å²) in [6.45, 7) is 21.1. The van der Waals surface area contributed by atoms with E-state index < -0.39 is 82.3 Å². The summed E-state index contributed by atoms with van der Waals surface area (Å²) in [5.74, 6) is -5.63. The minimum absolute atomic E-state index is 0.211. The van der Waals surface area contributed by atoms with E-state index in [1.165, 1.54) is 13.8 Å². The summed E-state index contributed by atoms with van der Waals surface area (Å²) in [5.41, 5.74) is -2.06. The molecule has 0 aliphatic heterocycles. The first-order valence-corrected chi connectivity index (χ1v) is 21.0. The molecule has 0 saturated carbocycles. The number of hydrogen-bond donors (Lipinski definition) is 3. The molecule has 64 heavy (non-hydrogen) atoms. The molecule has 0 rings (SSSR count). The van der Waals surface area contributed by atoms with Crippen molar-refractivity contribution in [3.8, 4) is 0 Å². The highest BCUT2D eigenvalue weighted by Gasteiger charge is 2.34. The molecule has 0 radical (unpaired) electrons. The van der Waals surface area contributed by atoms with Crippen LogP contribution in [-0.4, -0.2) is 127 Å². The van der Waals surface area contributed by atoms with Gasteiger partial charge in [0.2, 0.25) is 5.24 Å². The second-order valence-corrected chi connectivity index (χ2v) is 15.2. The van der Waals surface area contributed by atoms with Crippen molar-refractivity contribution in [2.24, 2.45) is 10.8 Å². The van der Waals surface area contributed by atoms with Gasteiger partial charge in [-0.2, -0.15) is 0 Å². The van der Waals surface area contributed by atoms with E-state index in [0.717, 1.165) is 62.8 Å². The van der Waals surface area contributed by atoms with Gasteiger partial charge in [-0.25, -0.2) is 38.4 Å². The zero-order chi connectivity index (χ0) is 49.7. The SMILES string of the molecule is C=CC(=O)Cl.C=CC(=O)OCC(C)(COC(=O)C=C)COC(=O)C(C)OC(=O)C(CCCCCC)OC(=O)C=C.CCCCCCC(OO)C(=O)OC(C)C(=O)OCC(C)(CO)CO. The molecule has 4 atom stereocenters. The van der Waals surface area contributed by atoms with Crippen LogP contribution >= 0.6 is 11.6 Å². The Morgan fingerprint density at radius 2 is 0.891 bits per heavy atom. The van der Waals surface area contributed by atoms with Crippen molar-refractivity contribution in [1.82, 2.24) is 0 Å². The van der Waals surface area contributed by atoms with Crippen molar-refractivity contribution in [3.05, 3.63) is 50.6 Å². The van der Waals surface area contributed by atoms with Crippen LogP contribution in [0.5, 0.6) is 0 Å². The summed E-state index contributed by atoms with van der Waals surface area (Å²) in [6, 6.07) is 0. The quantitative estimate of drug-likeness (QED) is 0.0148. The van der Waals surface area contributed by atoms with Crippen molar-refractivity contribution in [1.29, 1.82) is 0 Å². The first-order chi connectivity index (χ1) is 30.1. The number of carbonyl (C=O) groups excluding carboxylic acids is 8. The first-order valence-electron chi connectivity index (χ1n) is 20.6. The molecule has 0 spiro atoms. The van der Waals surface area contributed by atoms with Crippen molar-refractivity contribution < 1.29 is 91.9 Å². The van der Waals surface area contributed by atoms with Crippen LogP contribution in [0, 0.1) is 10.8 Å². The van der Waals surface area contributed by atoms with E-state index in [1.54, 1.807) is 13.8 Å². The number of halogens is 1. The average Bonchev–Trinajstić information content (AvgIpc) is 3.29. The number of carbonyl (C=O) groups is 8. The summed E-state index contributed by atoms with van der Waals surface area (Å²) in [6.07, 6.45) is 6.67. The number of esters is 7. The number of aliphatic hydroxyl groups excluding tert-OH is 2. The normalized spacial score (nSPS) is 12.5. The van der Waals surface area contributed by atoms with Crippen LogP contribution in [0.4, 0.5) is 0 Å². The zero-order valence-corrected chi connectivity index (χ0v) is 38.8. The lowest BCUT2D eigenvalue weighted by molar-refractivity contribution is -0.280. The summed E-state index contributed by atoms with van der Waals surface area (Å²) >= 11 is 4.71. The predicted octanol–water partition coefficient (Wildman–Crippen LogP) is 5.21. The van der Waals surface area contributed by atoms with Crippen LogP contribution in [0.25, 0.3) is 0 Å². The van der Waals surface area contributed by atoms with E-state index in [-0.39, 0.29) is 46.1 Å². The summed E-state index contributed by atoms with van der Waals surface area (Å²) in [5, 5.41) is 26.5. The fraction of sp³-hybridized carbons (Fsp3) is 0.636. The van der Waals surface area contributed by atoms with Crippen LogP contribution in [0.1, 0.15) is 106 Å². The summed E-state index contributed by atoms with van der Waals surface area (Å²) in [7, 11) is 0. The van der Waals surface area contributed by atoms with Crippen LogP contribution in [0.15, 0.2) is 50.6 Å². The number of rotatable bonds is 32. The van der Waals surface area contributed by atoms with E-state index in [0.29, 0.717) is 19.3 Å². The molecule has 0 fully saturated rings. The minimum Gasteiger partial charge on any atom is -0.462 e. The molecule has 0 aliphatic carbocycles. The molecule has 19 nitrogen and oxygen atoms in total. The average molecular weight is 937 g/mol. The highest BCUT2D eigenvalue weighted by molar-refractivity contribution is 6.66. The molecule has 366 valence electrons. The van der Waals surface area contributed by atoms with Gasteiger partial charge in [-0.05, 0) is 57.7 Å². The molecule has 0 heterocycles. The molecule has 0 aliphatic rings. The van der Waals surface area contributed by atoms with Gasteiger partial charge in [-0.3, -0.25) is 10.1 Å².